The highest BCUT2D eigenvalue weighted by molar-refractivity contribution is 6.23. The van der Waals surface area contributed by atoms with E-state index in [2.05, 4.69) is 219 Å². The second kappa shape index (κ2) is 12.3. The maximum atomic E-state index is 2.55. The highest BCUT2D eigenvalue weighted by Gasteiger charge is 2.36. The van der Waals surface area contributed by atoms with Gasteiger partial charge in [0.25, 0.3) is 0 Å². The van der Waals surface area contributed by atoms with E-state index in [1.54, 1.807) is 0 Å². The monoisotopic (exact) mass is 761 g/mol. The van der Waals surface area contributed by atoms with Gasteiger partial charge in [-0.15, -0.1) is 0 Å². The molecule has 0 bridgehead atoms. The van der Waals surface area contributed by atoms with Gasteiger partial charge >= 0.3 is 0 Å². The van der Waals surface area contributed by atoms with Crippen LogP contribution in [-0.4, -0.2) is 4.57 Å². The quantitative estimate of drug-likeness (QED) is 0.125. The van der Waals surface area contributed by atoms with Crippen LogP contribution < -0.4 is 0 Å². The lowest BCUT2D eigenvalue weighted by molar-refractivity contribution is 0.631. The Bertz CT molecular complexity index is 3770. The summed E-state index contributed by atoms with van der Waals surface area (Å²) in [5, 5.41) is 15.4. The van der Waals surface area contributed by atoms with Crippen LogP contribution in [0.15, 0.2) is 200 Å². The lowest BCUT2D eigenvalue weighted by Gasteiger charge is -2.35. The van der Waals surface area contributed by atoms with Crippen LogP contribution in [0.3, 0.4) is 0 Å². The molecule has 1 aliphatic rings. The molecular formula is C59H39N. The van der Waals surface area contributed by atoms with Crippen LogP contribution in [0, 0.1) is 0 Å². The first-order valence-corrected chi connectivity index (χ1v) is 21.1. The highest BCUT2D eigenvalue weighted by Crippen LogP contribution is 2.52. The Labute approximate surface area is 348 Å². The number of rotatable bonds is 3. The first-order chi connectivity index (χ1) is 29.5. The summed E-state index contributed by atoms with van der Waals surface area (Å²) in [6.07, 6.45) is 0. The smallest absolute Gasteiger partial charge is 0.0582 e. The minimum atomic E-state index is -0.219. The third-order valence-electron chi connectivity index (χ3n) is 13.7. The van der Waals surface area contributed by atoms with Crippen LogP contribution in [0.2, 0.25) is 0 Å². The van der Waals surface area contributed by atoms with Crippen molar-refractivity contribution in [1.82, 2.24) is 4.57 Å². The number of hydrogen-bond donors (Lipinski definition) is 0. The molecule has 0 radical (unpaired) electrons. The van der Waals surface area contributed by atoms with E-state index in [1.807, 2.05) is 0 Å². The summed E-state index contributed by atoms with van der Waals surface area (Å²) < 4.78 is 2.55. The van der Waals surface area contributed by atoms with E-state index in [-0.39, 0.29) is 5.41 Å². The number of benzene rings is 11. The molecule has 2 heterocycles. The largest absolute Gasteiger partial charge is 0.309 e. The molecule has 0 saturated heterocycles. The van der Waals surface area contributed by atoms with Crippen molar-refractivity contribution in [2.24, 2.45) is 0 Å². The molecule has 1 aliphatic heterocycles. The Kier molecular flexibility index (Phi) is 6.85. The van der Waals surface area contributed by atoms with Crippen LogP contribution >= 0.6 is 0 Å². The summed E-state index contributed by atoms with van der Waals surface area (Å²) in [6.45, 7) is 4.82. The molecule has 1 aromatic heterocycles. The zero-order valence-corrected chi connectivity index (χ0v) is 33.5. The summed E-state index contributed by atoms with van der Waals surface area (Å²) in [7, 11) is 0. The number of fused-ring (bicyclic) bond motifs is 11. The van der Waals surface area contributed by atoms with Gasteiger partial charge in [0.1, 0.15) is 0 Å². The van der Waals surface area contributed by atoms with E-state index in [4.69, 9.17) is 0 Å². The van der Waals surface area contributed by atoms with Crippen molar-refractivity contribution in [2.45, 2.75) is 19.3 Å². The van der Waals surface area contributed by atoms with Crippen LogP contribution in [0.4, 0.5) is 0 Å². The Morgan fingerprint density at radius 1 is 0.333 bits per heavy atom. The lowest BCUT2D eigenvalue weighted by atomic mass is 9.73. The van der Waals surface area contributed by atoms with E-state index in [0.29, 0.717) is 0 Å². The fraction of sp³-hybridized carbons (Fsp3) is 0.0508. The molecule has 0 unspecified atom stereocenters. The normalized spacial score (nSPS) is 13.3. The molecular weight excluding hydrogens is 723 g/mol. The van der Waals surface area contributed by atoms with Gasteiger partial charge < -0.3 is 4.57 Å². The third-order valence-corrected chi connectivity index (χ3v) is 13.7. The van der Waals surface area contributed by atoms with E-state index in [9.17, 15) is 0 Å². The van der Waals surface area contributed by atoms with Crippen molar-refractivity contribution in [2.75, 3.05) is 0 Å². The lowest BCUT2D eigenvalue weighted by Crippen LogP contribution is -2.26. The summed E-state index contributed by atoms with van der Waals surface area (Å²) in [5.74, 6) is 0. The summed E-state index contributed by atoms with van der Waals surface area (Å²) in [4.78, 5) is 0. The van der Waals surface area contributed by atoms with Gasteiger partial charge in [0.05, 0.1) is 16.7 Å². The minimum Gasteiger partial charge on any atom is -0.309 e. The molecule has 60 heavy (non-hydrogen) atoms. The Morgan fingerprint density at radius 2 is 0.900 bits per heavy atom. The molecule has 12 aromatic rings. The molecule has 11 aromatic carbocycles. The number of aromatic nitrogens is 1. The number of para-hydroxylation sites is 2. The van der Waals surface area contributed by atoms with E-state index < -0.39 is 0 Å². The van der Waals surface area contributed by atoms with Crippen molar-refractivity contribution in [1.29, 1.82) is 0 Å². The molecule has 0 saturated carbocycles. The van der Waals surface area contributed by atoms with Gasteiger partial charge in [-0.2, -0.15) is 0 Å². The fourth-order valence-electron chi connectivity index (χ4n) is 10.9. The van der Waals surface area contributed by atoms with Crippen LogP contribution in [-0.2, 0) is 5.41 Å². The maximum Gasteiger partial charge on any atom is 0.0582 e. The van der Waals surface area contributed by atoms with E-state index in [1.165, 1.54) is 126 Å². The van der Waals surface area contributed by atoms with Crippen molar-refractivity contribution >= 4 is 75.7 Å². The Morgan fingerprint density at radius 3 is 1.65 bits per heavy atom. The van der Waals surface area contributed by atoms with Crippen LogP contribution in [0.25, 0.3) is 115 Å². The maximum absolute atomic E-state index is 2.55. The molecule has 0 amide bonds. The van der Waals surface area contributed by atoms with E-state index in [0.717, 1.165) is 0 Å². The highest BCUT2D eigenvalue weighted by atomic mass is 15.0. The standard InChI is InChI=1S/C59H39N/c1-59(2)52-25-14-24-47-44-21-12-13-26-54(44)60(58(47)52)55-35-51-50(34-53(55)59)56(37-15-4-3-5-16-37)45-22-10-11-23-46(45)57(51)38-29-27-36(28-30-38)48-33-41-31-39-17-6-7-18-40(39)32-49(41)43-20-9-8-19-42(43)48/h3-35H,1-2H3. The average Bonchev–Trinajstić information content (AvgIpc) is 3.64. The van der Waals surface area contributed by atoms with Gasteiger partial charge in [0, 0.05) is 16.2 Å². The molecule has 0 fully saturated rings. The molecule has 1 nitrogen and oxygen atoms in total. The average molecular weight is 762 g/mol. The predicted molar refractivity (Wildman–Crippen MR) is 257 cm³/mol. The summed E-state index contributed by atoms with van der Waals surface area (Å²) >= 11 is 0. The summed E-state index contributed by atoms with van der Waals surface area (Å²) in [6, 6.07) is 75.0. The predicted octanol–water partition coefficient (Wildman–Crippen LogP) is 16.2. The van der Waals surface area contributed by atoms with E-state index >= 15 is 0 Å². The van der Waals surface area contributed by atoms with Gasteiger partial charge in [-0.1, -0.05) is 178 Å². The first-order valence-electron chi connectivity index (χ1n) is 21.1. The number of nitrogens with zero attached hydrogens (tertiary/aromatic N) is 1. The molecule has 1 heteroatoms. The third kappa shape index (κ3) is 4.58. The van der Waals surface area contributed by atoms with Gasteiger partial charge in [0.2, 0.25) is 0 Å². The molecule has 13 rings (SSSR count). The second-order valence-electron chi connectivity index (χ2n) is 17.2. The molecule has 0 spiro atoms. The van der Waals surface area contributed by atoms with Crippen molar-refractivity contribution in [3.63, 3.8) is 0 Å². The zero-order chi connectivity index (χ0) is 39.7. The molecule has 0 atom stereocenters. The Balaban J connectivity index is 1.10. The van der Waals surface area contributed by atoms with Crippen molar-refractivity contribution in [3.8, 4) is 39.1 Å². The van der Waals surface area contributed by atoms with Crippen molar-refractivity contribution in [3.05, 3.63) is 211 Å². The van der Waals surface area contributed by atoms with Crippen molar-refractivity contribution < 1.29 is 0 Å². The van der Waals surface area contributed by atoms with Gasteiger partial charge in [-0.05, 0) is 135 Å². The molecule has 280 valence electrons. The first kappa shape index (κ1) is 33.5. The van der Waals surface area contributed by atoms with Crippen LogP contribution in [0.5, 0.6) is 0 Å². The molecule has 0 aliphatic carbocycles. The van der Waals surface area contributed by atoms with Gasteiger partial charge in [-0.25, -0.2) is 0 Å². The minimum absolute atomic E-state index is 0.219. The summed E-state index contributed by atoms with van der Waals surface area (Å²) in [5.41, 5.74) is 13.8. The van der Waals surface area contributed by atoms with Gasteiger partial charge in [0.15, 0.2) is 0 Å². The second-order valence-corrected chi connectivity index (χ2v) is 17.2. The number of hydrogen-bond acceptors (Lipinski definition) is 0. The van der Waals surface area contributed by atoms with Gasteiger partial charge in [-0.3, -0.25) is 0 Å². The topological polar surface area (TPSA) is 4.93 Å². The zero-order valence-electron chi connectivity index (χ0n) is 33.5. The van der Waals surface area contributed by atoms with Crippen LogP contribution in [0.1, 0.15) is 25.0 Å². The Hall–Kier alpha value is -7.48. The molecule has 0 N–H and O–H groups in total. The SMILES string of the molecule is CC1(C)c2cc3c(-c4ccccc4)c4ccccc4c(-c4ccc(-c5cc6cc7ccccc7cc6c6ccccc56)cc4)c3cc2-n2c3ccccc3c3cccc1c32. The fourth-order valence-corrected chi connectivity index (χ4v) is 10.9.